The summed E-state index contributed by atoms with van der Waals surface area (Å²) < 4.78 is 8.92. The first-order valence-corrected chi connectivity index (χ1v) is 5.21. The number of methoxy groups -OCH3 is 1. The van der Waals surface area contributed by atoms with E-state index in [2.05, 4.69) is 33.9 Å². The first-order chi connectivity index (χ1) is 7.10. The molecule has 0 aliphatic carbocycles. The first kappa shape index (κ1) is 11.8. The van der Waals surface area contributed by atoms with Crippen molar-refractivity contribution in [1.82, 2.24) is 4.57 Å². The highest BCUT2D eigenvalue weighted by Gasteiger charge is 2.16. The quantitative estimate of drug-likeness (QED) is 0.544. The minimum absolute atomic E-state index is 0.154. The molecule has 1 aromatic rings. The second-order valence-electron chi connectivity index (χ2n) is 3.60. The van der Waals surface area contributed by atoms with Gasteiger partial charge in [0, 0.05) is 13.3 Å². The number of esters is 1. The number of nitrogens with zero attached hydrogens (tertiary/aromatic N) is 2. The van der Waals surface area contributed by atoms with Crippen molar-refractivity contribution in [2.45, 2.75) is 33.2 Å². The average molecular weight is 211 g/mol. The normalized spacial score (nSPS) is 10.4. The zero-order valence-corrected chi connectivity index (χ0v) is 9.91. The monoisotopic (exact) mass is 211 g/mol. The van der Waals surface area contributed by atoms with Crippen LogP contribution in [0.5, 0.6) is 0 Å². The van der Waals surface area contributed by atoms with Gasteiger partial charge in [0.15, 0.2) is 0 Å². The molecule has 84 valence electrons. The third kappa shape index (κ3) is 2.58. The highest BCUT2D eigenvalue weighted by molar-refractivity contribution is 5.69. The molecule has 0 radical (unpaired) electrons. The molecule has 0 spiro atoms. The molecule has 0 aliphatic heterocycles. The molecule has 0 atom stereocenters. The third-order valence-electron chi connectivity index (χ3n) is 2.72. The van der Waals surface area contributed by atoms with Gasteiger partial charge in [-0.25, -0.2) is 9.13 Å². The van der Waals surface area contributed by atoms with Gasteiger partial charge >= 0.3 is 5.97 Å². The minimum atomic E-state index is -0.154. The van der Waals surface area contributed by atoms with Crippen LogP contribution in [0.25, 0.3) is 0 Å². The van der Waals surface area contributed by atoms with Crippen LogP contribution in [-0.4, -0.2) is 17.6 Å². The minimum Gasteiger partial charge on any atom is -0.469 e. The van der Waals surface area contributed by atoms with Gasteiger partial charge in [0.05, 0.1) is 27.1 Å². The van der Waals surface area contributed by atoms with E-state index in [4.69, 9.17) is 0 Å². The lowest BCUT2D eigenvalue weighted by molar-refractivity contribution is -0.677. The lowest BCUT2D eigenvalue weighted by atomic mass is 10.2. The summed E-state index contributed by atoms with van der Waals surface area (Å²) in [5, 5.41) is 0. The molecule has 4 nitrogen and oxygen atoms in total. The molecule has 1 aromatic heterocycles. The molecule has 0 saturated heterocycles. The number of imidazole rings is 1. The Hall–Kier alpha value is -1.32. The molecule has 1 heterocycles. The van der Waals surface area contributed by atoms with Crippen LogP contribution < -0.4 is 4.57 Å². The fourth-order valence-electron chi connectivity index (χ4n) is 1.75. The first-order valence-electron chi connectivity index (χ1n) is 5.21. The maximum atomic E-state index is 11.0. The molecule has 1 rings (SSSR count). The van der Waals surface area contributed by atoms with Crippen LogP contribution in [0.4, 0.5) is 0 Å². The molecule has 0 fully saturated rings. The van der Waals surface area contributed by atoms with Gasteiger partial charge in [0.2, 0.25) is 0 Å². The second kappa shape index (κ2) is 4.96. The molecular formula is C11H19N2O2+. The van der Waals surface area contributed by atoms with Crippen molar-refractivity contribution in [2.24, 2.45) is 7.05 Å². The van der Waals surface area contributed by atoms with Crippen LogP contribution in [0.15, 0.2) is 6.20 Å². The van der Waals surface area contributed by atoms with E-state index < -0.39 is 0 Å². The standard InChI is InChI=1S/C11H19N2O2/c1-5-13-9(2)12(3)8-10(13)6-7-11(14)15-4/h8H,5-7H2,1-4H3/q+1. The number of hydrogen-bond donors (Lipinski definition) is 0. The predicted molar refractivity (Wildman–Crippen MR) is 56.4 cm³/mol. The Kier molecular flexibility index (Phi) is 3.88. The lowest BCUT2D eigenvalue weighted by Crippen LogP contribution is -2.29. The summed E-state index contributed by atoms with van der Waals surface area (Å²) in [6.07, 6.45) is 3.25. The molecule has 4 heteroatoms. The van der Waals surface area contributed by atoms with Crippen LogP contribution in [-0.2, 0) is 29.5 Å². The largest absolute Gasteiger partial charge is 0.469 e. The smallest absolute Gasteiger partial charge is 0.305 e. The molecule has 0 N–H and O–H groups in total. The van der Waals surface area contributed by atoms with E-state index in [0.717, 1.165) is 13.0 Å². The number of aryl methyl sites for hydroxylation is 2. The van der Waals surface area contributed by atoms with Crippen LogP contribution in [0.1, 0.15) is 24.9 Å². The maximum absolute atomic E-state index is 11.0. The fraction of sp³-hybridized carbons (Fsp3) is 0.636. The van der Waals surface area contributed by atoms with Crippen LogP contribution in [0.2, 0.25) is 0 Å². The Balaban J connectivity index is 2.76. The van der Waals surface area contributed by atoms with Gasteiger partial charge in [-0.2, -0.15) is 0 Å². The predicted octanol–water partition coefficient (Wildman–Crippen LogP) is 0.747. The molecular weight excluding hydrogens is 192 g/mol. The number of rotatable bonds is 4. The van der Waals surface area contributed by atoms with Crippen molar-refractivity contribution in [3.63, 3.8) is 0 Å². The van der Waals surface area contributed by atoms with Crippen molar-refractivity contribution in [1.29, 1.82) is 0 Å². The Labute approximate surface area is 90.5 Å². The Morgan fingerprint density at radius 2 is 2.27 bits per heavy atom. The highest BCUT2D eigenvalue weighted by Crippen LogP contribution is 2.06. The Morgan fingerprint density at radius 1 is 1.60 bits per heavy atom. The third-order valence-corrected chi connectivity index (χ3v) is 2.72. The SMILES string of the molecule is CCn1c(CCC(=O)OC)c[n+](C)c1C. The van der Waals surface area contributed by atoms with Gasteiger partial charge in [-0.15, -0.1) is 0 Å². The van der Waals surface area contributed by atoms with Crippen LogP contribution in [0.3, 0.4) is 0 Å². The second-order valence-corrected chi connectivity index (χ2v) is 3.60. The summed E-state index contributed by atoms with van der Waals surface area (Å²) >= 11 is 0. The Bertz CT molecular complexity index is 356. The molecule has 15 heavy (non-hydrogen) atoms. The number of ether oxygens (including phenoxy) is 1. The molecule has 0 saturated carbocycles. The van der Waals surface area contributed by atoms with E-state index in [1.54, 1.807) is 0 Å². The van der Waals surface area contributed by atoms with E-state index in [1.807, 2.05) is 7.05 Å². The van der Waals surface area contributed by atoms with Gasteiger partial charge < -0.3 is 4.74 Å². The van der Waals surface area contributed by atoms with Crippen molar-refractivity contribution in [2.75, 3.05) is 7.11 Å². The van der Waals surface area contributed by atoms with Gasteiger partial charge in [-0.05, 0) is 6.92 Å². The van der Waals surface area contributed by atoms with Gasteiger partial charge in [0.25, 0.3) is 5.82 Å². The van der Waals surface area contributed by atoms with E-state index in [9.17, 15) is 4.79 Å². The highest BCUT2D eigenvalue weighted by atomic mass is 16.5. The summed E-state index contributed by atoms with van der Waals surface area (Å²) in [7, 11) is 3.44. The summed E-state index contributed by atoms with van der Waals surface area (Å²) in [4.78, 5) is 11.0. The number of carbonyl (C=O) groups is 1. The fourth-order valence-corrected chi connectivity index (χ4v) is 1.75. The molecule has 0 aromatic carbocycles. The summed E-state index contributed by atoms with van der Waals surface area (Å²) in [6.45, 7) is 5.11. The van der Waals surface area contributed by atoms with Gasteiger partial charge in [-0.3, -0.25) is 4.79 Å². The van der Waals surface area contributed by atoms with Gasteiger partial charge in [0.1, 0.15) is 11.9 Å². The topological polar surface area (TPSA) is 35.1 Å². The number of carbonyl (C=O) groups excluding carboxylic acids is 1. The van der Waals surface area contributed by atoms with Crippen molar-refractivity contribution in [3.8, 4) is 0 Å². The number of aromatic nitrogens is 2. The number of hydrogen-bond acceptors (Lipinski definition) is 2. The van der Waals surface area contributed by atoms with E-state index in [1.165, 1.54) is 18.6 Å². The van der Waals surface area contributed by atoms with Crippen LogP contribution >= 0.6 is 0 Å². The molecule has 0 unspecified atom stereocenters. The molecule has 0 aliphatic rings. The maximum Gasteiger partial charge on any atom is 0.305 e. The average Bonchev–Trinajstić information content (AvgIpc) is 2.51. The van der Waals surface area contributed by atoms with E-state index in [0.29, 0.717) is 6.42 Å². The Morgan fingerprint density at radius 3 is 2.80 bits per heavy atom. The summed E-state index contributed by atoms with van der Waals surface area (Å²) in [6, 6.07) is 0. The zero-order valence-electron chi connectivity index (χ0n) is 9.91. The zero-order chi connectivity index (χ0) is 11.4. The molecule has 0 amide bonds. The molecule has 0 bridgehead atoms. The van der Waals surface area contributed by atoms with Crippen molar-refractivity contribution < 1.29 is 14.1 Å². The summed E-state index contributed by atoms with van der Waals surface area (Å²) in [5.74, 6) is 1.05. The van der Waals surface area contributed by atoms with Crippen molar-refractivity contribution >= 4 is 5.97 Å². The van der Waals surface area contributed by atoms with Gasteiger partial charge in [-0.1, -0.05) is 0 Å². The van der Waals surface area contributed by atoms with Crippen LogP contribution in [0, 0.1) is 6.92 Å². The van der Waals surface area contributed by atoms with Crippen molar-refractivity contribution in [3.05, 3.63) is 17.7 Å². The van der Waals surface area contributed by atoms with E-state index in [-0.39, 0.29) is 5.97 Å². The lowest BCUT2D eigenvalue weighted by Gasteiger charge is -1.99. The summed E-state index contributed by atoms with van der Waals surface area (Å²) in [5.41, 5.74) is 1.18. The van der Waals surface area contributed by atoms with E-state index >= 15 is 0 Å².